The van der Waals surface area contributed by atoms with E-state index < -0.39 is 0 Å². The molecule has 0 aliphatic carbocycles. The van der Waals surface area contributed by atoms with Crippen LogP contribution in [0, 0.1) is 0 Å². The molecule has 3 nitrogen and oxygen atoms in total. The first kappa shape index (κ1) is 12.0. The molecule has 1 saturated heterocycles. The lowest BCUT2D eigenvalue weighted by Crippen LogP contribution is -2.38. The number of hydrogen-bond acceptors (Lipinski definition) is 2. The van der Waals surface area contributed by atoms with Crippen LogP contribution in [0.15, 0.2) is 24.4 Å². The van der Waals surface area contributed by atoms with Crippen molar-refractivity contribution in [1.82, 2.24) is 14.3 Å². The number of fused-ring (bicyclic) bond motifs is 1. The molecule has 0 bridgehead atoms. The molecule has 1 aliphatic heterocycles. The SMILES string of the molecule is CN1CCCCC1Cc1ncc2cccc(Cl)n12. The van der Waals surface area contributed by atoms with Gasteiger partial charge in [-0.25, -0.2) is 4.98 Å². The third kappa shape index (κ3) is 2.13. The number of pyridine rings is 1. The van der Waals surface area contributed by atoms with Gasteiger partial charge in [-0.2, -0.15) is 0 Å². The van der Waals surface area contributed by atoms with Gasteiger partial charge in [0.1, 0.15) is 11.0 Å². The van der Waals surface area contributed by atoms with E-state index in [0.29, 0.717) is 6.04 Å². The average molecular weight is 264 g/mol. The third-order valence-electron chi connectivity index (χ3n) is 3.92. The summed E-state index contributed by atoms with van der Waals surface area (Å²) in [5, 5.41) is 0.749. The minimum Gasteiger partial charge on any atom is -0.303 e. The number of nitrogens with zero attached hydrogens (tertiary/aromatic N) is 3. The molecule has 4 heteroatoms. The van der Waals surface area contributed by atoms with Crippen molar-refractivity contribution in [2.24, 2.45) is 0 Å². The Bertz CT molecular complexity index is 549. The van der Waals surface area contributed by atoms with Gasteiger partial charge >= 0.3 is 0 Å². The van der Waals surface area contributed by atoms with Crippen LogP contribution in [0.4, 0.5) is 0 Å². The Morgan fingerprint density at radius 1 is 1.39 bits per heavy atom. The fourth-order valence-electron chi connectivity index (χ4n) is 2.83. The standard InChI is InChI=1S/C14H18ClN3/c1-17-8-3-2-5-11(17)9-14-16-10-12-6-4-7-13(15)18(12)14/h4,6-7,10-11H,2-3,5,8-9H2,1H3. The van der Waals surface area contributed by atoms with Gasteiger partial charge in [-0.1, -0.05) is 24.1 Å². The third-order valence-corrected chi connectivity index (χ3v) is 4.21. The largest absolute Gasteiger partial charge is 0.303 e. The number of likely N-dealkylation sites (N-methyl/N-ethyl adjacent to an activating group) is 1. The number of aromatic nitrogens is 2. The summed E-state index contributed by atoms with van der Waals surface area (Å²) in [6, 6.07) is 6.54. The Labute approximate surface area is 112 Å². The number of imidazole rings is 1. The van der Waals surface area contributed by atoms with Crippen molar-refractivity contribution >= 4 is 17.1 Å². The molecule has 1 aliphatic rings. The number of halogens is 1. The highest BCUT2D eigenvalue weighted by Crippen LogP contribution is 2.21. The molecule has 1 fully saturated rings. The summed E-state index contributed by atoms with van der Waals surface area (Å²) in [6.07, 6.45) is 6.79. The number of hydrogen-bond donors (Lipinski definition) is 0. The van der Waals surface area contributed by atoms with E-state index in [0.717, 1.165) is 22.9 Å². The van der Waals surface area contributed by atoms with Crippen LogP contribution in [-0.4, -0.2) is 33.9 Å². The minimum atomic E-state index is 0.598. The van der Waals surface area contributed by atoms with E-state index in [1.165, 1.54) is 25.8 Å². The molecule has 18 heavy (non-hydrogen) atoms. The van der Waals surface area contributed by atoms with E-state index in [1.54, 1.807) is 0 Å². The Balaban J connectivity index is 1.90. The summed E-state index contributed by atoms with van der Waals surface area (Å²) in [4.78, 5) is 6.98. The molecule has 2 aromatic heterocycles. The Kier molecular flexibility index (Phi) is 3.27. The first-order valence-corrected chi connectivity index (χ1v) is 6.94. The van der Waals surface area contributed by atoms with Crippen LogP contribution in [0.1, 0.15) is 25.1 Å². The van der Waals surface area contributed by atoms with Gasteiger partial charge in [0.05, 0.1) is 11.7 Å². The quantitative estimate of drug-likeness (QED) is 0.777. The molecule has 3 rings (SSSR count). The highest BCUT2D eigenvalue weighted by atomic mass is 35.5. The second-order valence-corrected chi connectivity index (χ2v) is 5.50. The van der Waals surface area contributed by atoms with Crippen LogP contribution in [-0.2, 0) is 6.42 Å². The van der Waals surface area contributed by atoms with Gasteiger partial charge in [0, 0.05) is 12.5 Å². The maximum atomic E-state index is 6.27. The maximum Gasteiger partial charge on any atom is 0.115 e. The zero-order chi connectivity index (χ0) is 12.5. The van der Waals surface area contributed by atoms with Crippen LogP contribution in [0.2, 0.25) is 5.15 Å². The van der Waals surface area contributed by atoms with E-state index in [2.05, 4.69) is 21.3 Å². The zero-order valence-electron chi connectivity index (χ0n) is 10.6. The van der Waals surface area contributed by atoms with Crippen molar-refractivity contribution in [3.63, 3.8) is 0 Å². The second kappa shape index (κ2) is 4.90. The monoisotopic (exact) mass is 263 g/mol. The fourth-order valence-corrected chi connectivity index (χ4v) is 3.09. The van der Waals surface area contributed by atoms with E-state index in [1.807, 2.05) is 24.4 Å². The molecule has 0 N–H and O–H groups in total. The molecule has 0 saturated carbocycles. The highest BCUT2D eigenvalue weighted by molar-refractivity contribution is 6.29. The molecule has 1 unspecified atom stereocenters. The zero-order valence-corrected chi connectivity index (χ0v) is 11.4. The van der Waals surface area contributed by atoms with E-state index >= 15 is 0 Å². The van der Waals surface area contributed by atoms with Gasteiger partial charge in [-0.15, -0.1) is 0 Å². The van der Waals surface area contributed by atoms with Gasteiger partial charge in [0.2, 0.25) is 0 Å². The smallest absolute Gasteiger partial charge is 0.115 e. The van der Waals surface area contributed by atoms with Crippen LogP contribution < -0.4 is 0 Å². The molecule has 0 spiro atoms. The summed E-state index contributed by atoms with van der Waals surface area (Å²) in [5.74, 6) is 1.08. The van der Waals surface area contributed by atoms with Crippen LogP contribution in [0.25, 0.3) is 5.52 Å². The molecular weight excluding hydrogens is 246 g/mol. The Morgan fingerprint density at radius 2 is 2.28 bits per heavy atom. The van der Waals surface area contributed by atoms with Crippen molar-refractivity contribution in [3.8, 4) is 0 Å². The molecule has 0 radical (unpaired) electrons. The van der Waals surface area contributed by atoms with Gasteiger partial charge in [0.15, 0.2) is 0 Å². The van der Waals surface area contributed by atoms with Crippen LogP contribution in [0.5, 0.6) is 0 Å². The Morgan fingerprint density at radius 3 is 3.11 bits per heavy atom. The lowest BCUT2D eigenvalue weighted by Gasteiger charge is -2.32. The summed E-state index contributed by atoms with van der Waals surface area (Å²) < 4.78 is 2.06. The van der Waals surface area contributed by atoms with E-state index in [9.17, 15) is 0 Å². The van der Waals surface area contributed by atoms with Gasteiger partial charge < -0.3 is 4.90 Å². The number of piperidine rings is 1. The Hall–Kier alpha value is -1.06. The molecule has 96 valence electrons. The topological polar surface area (TPSA) is 20.5 Å². The maximum absolute atomic E-state index is 6.27. The lowest BCUT2D eigenvalue weighted by molar-refractivity contribution is 0.182. The number of rotatable bonds is 2. The molecular formula is C14H18ClN3. The van der Waals surface area contributed by atoms with Crippen LogP contribution >= 0.6 is 11.6 Å². The van der Waals surface area contributed by atoms with Gasteiger partial charge in [-0.3, -0.25) is 4.40 Å². The lowest BCUT2D eigenvalue weighted by atomic mass is 10.00. The summed E-state index contributed by atoms with van der Waals surface area (Å²) in [7, 11) is 2.21. The predicted molar refractivity (Wildman–Crippen MR) is 74.2 cm³/mol. The second-order valence-electron chi connectivity index (χ2n) is 5.12. The minimum absolute atomic E-state index is 0.598. The van der Waals surface area contributed by atoms with Crippen molar-refractivity contribution < 1.29 is 0 Å². The summed E-state index contributed by atoms with van der Waals surface area (Å²) in [6.45, 7) is 1.20. The molecule has 0 aromatic carbocycles. The van der Waals surface area contributed by atoms with Crippen molar-refractivity contribution in [2.45, 2.75) is 31.7 Å². The summed E-state index contributed by atoms with van der Waals surface area (Å²) in [5.41, 5.74) is 1.08. The average Bonchev–Trinajstić information content (AvgIpc) is 2.77. The van der Waals surface area contributed by atoms with Crippen molar-refractivity contribution in [3.05, 3.63) is 35.4 Å². The van der Waals surface area contributed by atoms with E-state index in [-0.39, 0.29) is 0 Å². The molecule has 3 heterocycles. The highest BCUT2D eigenvalue weighted by Gasteiger charge is 2.21. The van der Waals surface area contributed by atoms with Gasteiger partial charge in [-0.05, 0) is 38.6 Å². The van der Waals surface area contributed by atoms with Crippen LogP contribution in [0.3, 0.4) is 0 Å². The fraction of sp³-hybridized carbons (Fsp3) is 0.500. The van der Waals surface area contributed by atoms with E-state index in [4.69, 9.17) is 11.6 Å². The van der Waals surface area contributed by atoms with Crippen molar-refractivity contribution in [1.29, 1.82) is 0 Å². The van der Waals surface area contributed by atoms with Crippen molar-refractivity contribution in [2.75, 3.05) is 13.6 Å². The predicted octanol–water partition coefficient (Wildman–Crippen LogP) is 3.01. The number of likely N-dealkylation sites (tertiary alicyclic amines) is 1. The molecule has 0 amide bonds. The molecule has 2 aromatic rings. The summed E-state index contributed by atoms with van der Waals surface area (Å²) >= 11 is 6.27. The first-order valence-electron chi connectivity index (χ1n) is 6.57. The first-order chi connectivity index (χ1) is 8.75. The molecule has 1 atom stereocenters. The van der Waals surface area contributed by atoms with Gasteiger partial charge in [0.25, 0.3) is 0 Å². The normalized spacial score (nSPS) is 21.6.